The molecule has 1 aliphatic carbocycles. The molecule has 3 aromatic rings. The summed E-state index contributed by atoms with van der Waals surface area (Å²) < 4.78 is 6.23. The molecule has 3 heterocycles. The Balaban J connectivity index is 1.55. The molecule has 34 heavy (non-hydrogen) atoms. The zero-order valence-corrected chi connectivity index (χ0v) is 20.4. The van der Waals surface area contributed by atoms with Crippen molar-refractivity contribution in [3.8, 4) is 0 Å². The normalized spacial score (nSPS) is 20.9. The highest BCUT2D eigenvalue weighted by atomic mass is 32.1. The van der Waals surface area contributed by atoms with Gasteiger partial charge in [0.15, 0.2) is 5.60 Å². The highest BCUT2D eigenvalue weighted by molar-refractivity contribution is 7.11. The maximum Gasteiger partial charge on any atom is 0.274 e. The van der Waals surface area contributed by atoms with Crippen molar-refractivity contribution >= 4 is 17.2 Å². The van der Waals surface area contributed by atoms with Gasteiger partial charge in [-0.15, -0.1) is 11.3 Å². The summed E-state index contributed by atoms with van der Waals surface area (Å²) in [4.78, 5) is 34.7. The number of aromatic nitrogens is 3. The second-order valence-electron chi connectivity index (χ2n) is 9.19. The number of hydroxylamine groups is 1. The summed E-state index contributed by atoms with van der Waals surface area (Å²) in [5, 5.41) is 0.810. The van der Waals surface area contributed by atoms with Gasteiger partial charge in [0.2, 0.25) is 0 Å². The number of rotatable bonds is 8. The van der Waals surface area contributed by atoms with Crippen LogP contribution in [0.2, 0.25) is 0 Å². The van der Waals surface area contributed by atoms with Gasteiger partial charge in [0.25, 0.3) is 5.91 Å². The standard InChI is InChI=1S/C26H30N4O3S/c1-17-14-28-21(15-27-17)18(2)26(23-12-7-13-32-23,25-29-16-22(34-25)19-10-6-11-19)33-30-24(31)20-8-4-3-5-9-20/h3-5,8-9,14-16,18-19,23H,6-7,10-13H2,1-2H3,(H,30,31)/t18-,23-,26?/m1/s1. The lowest BCUT2D eigenvalue weighted by Crippen LogP contribution is -2.50. The minimum absolute atomic E-state index is 0.264. The van der Waals surface area contributed by atoms with Crippen molar-refractivity contribution in [3.05, 3.63) is 75.8 Å². The maximum absolute atomic E-state index is 13.0. The van der Waals surface area contributed by atoms with Crippen LogP contribution in [0.4, 0.5) is 0 Å². The van der Waals surface area contributed by atoms with Crippen LogP contribution in [0.15, 0.2) is 48.9 Å². The van der Waals surface area contributed by atoms with Gasteiger partial charge < -0.3 is 4.74 Å². The van der Waals surface area contributed by atoms with Crippen LogP contribution in [0.3, 0.4) is 0 Å². The molecule has 1 aromatic carbocycles. The molecule has 1 aliphatic heterocycles. The van der Waals surface area contributed by atoms with Gasteiger partial charge >= 0.3 is 0 Å². The summed E-state index contributed by atoms with van der Waals surface area (Å²) in [6.45, 7) is 4.62. The van der Waals surface area contributed by atoms with Crippen LogP contribution in [-0.2, 0) is 15.2 Å². The van der Waals surface area contributed by atoms with Crippen LogP contribution in [-0.4, -0.2) is 33.6 Å². The second-order valence-corrected chi connectivity index (χ2v) is 10.3. The number of amides is 1. The van der Waals surface area contributed by atoms with E-state index in [0.29, 0.717) is 18.1 Å². The van der Waals surface area contributed by atoms with E-state index in [0.717, 1.165) is 29.2 Å². The largest absolute Gasteiger partial charge is 0.375 e. The summed E-state index contributed by atoms with van der Waals surface area (Å²) in [7, 11) is 0. The van der Waals surface area contributed by atoms with E-state index in [1.807, 2.05) is 31.3 Å². The third kappa shape index (κ3) is 4.37. The maximum atomic E-state index is 13.0. The van der Waals surface area contributed by atoms with Crippen LogP contribution in [0, 0.1) is 6.92 Å². The first-order valence-corrected chi connectivity index (χ1v) is 12.8. The third-order valence-corrected chi connectivity index (χ3v) is 8.30. The Labute approximate surface area is 203 Å². The molecule has 1 N–H and O–H groups in total. The van der Waals surface area contributed by atoms with Crippen LogP contribution < -0.4 is 5.48 Å². The summed E-state index contributed by atoms with van der Waals surface area (Å²) >= 11 is 1.67. The average molecular weight is 479 g/mol. The van der Waals surface area contributed by atoms with Crippen molar-refractivity contribution in [1.82, 2.24) is 20.4 Å². The Morgan fingerprint density at radius 2 is 1.94 bits per heavy atom. The van der Waals surface area contributed by atoms with Gasteiger partial charge in [-0.3, -0.25) is 19.6 Å². The Morgan fingerprint density at radius 3 is 2.59 bits per heavy atom. The van der Waals surface area contributed by atoms with Crippen molar-refractivity contribution in [1.29, 1.82) is 0 Å². The van der Waals surface area contributed by atoms with E-state index in [4.69, 9.17) is 14.6 Å². The number of hydrogen-bond donors (Lipinski definition) is 1. The molecule has 0 radical (unpaired) electrons. The molecule has 7 nitrogen and oxygen atoms in total. The average Bonchev–Trinajstić information content (AvgIpc) is 3.53. The fraction of sp³-hybridized carbons (Fsp3) is 0.462. The van der Waals surface area contributed by atoms with Crippen LogP contribution >= 0.6 is 11.3 Å². The van der Waals surface area contributed by atoms with Crippen molar-refractivity contribution < 1.29 is 14.4 Å². The van der Waals surface area contributed by atoms with Crippen LogP contribution in [0.1, 0.15) is 82.5 Å². The molecule has 3 atom stereocenters. The number of benzene rings is 1. The van der Waals surface area contributed by atoms with Crippen molar-refractivity contribution in [3.63, 3.8) is 0 Å². The van der Waals surface area contributed by atoms with Gasteiger partial charge in [0, 0.05) is 41.6 Å². The van der Waals surface area contributed by atoms with Gasteiger partial charge in [-0.2, -0.15) is 0 Å². The number of ether oxygens (including phenoxy) is 1. The minimum Gasteiger partial charge on any atom is -0.375 e. The first-order chi connectivity index (χ1) is 16.6. The number of aryl methyl sites for hydroxylation is 1. The molecule has 2 fully saturated rings. The highest BCUT2D eigenvalue weighted by Crippen LogP contribution is 2.49. The second kappa shape index (κ2) is 9.90. The highest BCUT2D eigenvalue weighted by Gasteiger charge is 2.53. The van der Waals surface area contributed by atoms with E-state index in [-0.39, 0.29) is 17.9 Å². The van der Waals surface area contributed by atoms with Crippen molar-refractivity contribution in [2.45, 2.75) is 69.5 Å². The molecular formula is C26H30N4O3S. The Morgan fingerprint density at radius 1 is 1.12 bits per heavy atom. The Kier molecular flexibility index (Phi) is 6.72. The van der Waals surface area contributed by atoms with E-state index >= 15 is 0 Å². The quantitative estimate of drug-likeness (QED) is 0.456. The summed E-state index contributed by atoms with van der Waals surface area (Å²) in [6.07, 6.45) is 10.6. The van der Waals surface area contributed by atoms with Gasteiger partial charge in [-0.05, 0) is 50.7 Å². The lowest BCUT2D eigenvalue weighted by molar-refractivity contribution is -0.177. The molecule has 0 spiro atoms. The fourth-order valence-electron chi connectivity index (χ4n) is 4.69. The Bertz CT molecular complexity index is 1110. The van der Waals surface area contributed by atoms with Gasteiger partial charge in [0.1, 0.15) is 5.01 Å². The van der Waals surface area contributed by atoms with E-state index < -0.39 is 5.60 Å². The number of nitrogens with one attached hydrogen (secondary N) is 1. The SMILES string of the molecule is Cc1cnc([C@@H](C)C(ONC(=O)c2ccccc2)(c2ncc(C3CCC3)s2)[C@H]2CCCO2)cn1. The molecule has 0 bridgehead atoms. The Hall–Kier alpha value is -2.68. The summed E-state index contributed by atoms with van der Waals surface area (Å²) in [5.41, 5.74) is 3.86. The summed E-state index contributed by atoms with van der Waals surface area (Å²) in [6, 6.07) is 9.07. The number of thiazole rings is 1. The molecule has 2 aromatic heterocycles. The van der Waals surface area contributed by atoms with Crippen molar-refractivity contribution in [2.75, 3.05) is 6.61 Å². The van der Waals surface area contributed by atoms with E-state index in [2.05, 4.69) is 22.4 Å². The zero-order chi connectivity index (χ0) is 23.5. The molecular weight excluding hydrogens is 448 g/mol. The third-order valence-electron chi connectivity index (χ3n) is 7.01. The first-order valence-electron chi connectivity index (χ1n) is 12.0. The van der Waals surface area contributed by atoms with Gasteiger partial charge in [-0.1, -0.05) is 31.5 Å². The molecule has 1 saturated heterocycles. The van der Waals surface area contributed by atoms with Crippen molar-refractivity contribution in [2.24, 2.45) is 0 Å². The predicted octanol–water partition coefficient (Wildman–Crippen LogP) is 5.05. The van der Waals surface area contributed by atoms with E-state index in [1.54, 1.807) is 35.9 Å². The van der Waals surface area contributed by atoms with Crippen LogP contribution in [0.25, 0.3) is 0 Å². The molecule has 8 heteroatoms. The van der Waals surface area contributed by atoms with E-state index in [9.17, 15) is 4.79 Å². The lowest BCUT2D eigenvalue weighted by Gasteiger charge is -2.40. The lowest BCUT2D eigenvalue weighted by atomic mass is 9.81. The van der Waals surface area contributed by atoms with Gasteiger partial charge in [0.05, 0.1) is 17.5 Å². The molecule has 2 aliphatic rings. The van der Waals surface area contributed by atoms with Gasteiger partial charge in [-0.25, -0.2) is 10.5 Å². The number of carbonyl (C=O) groups is 1. The zero-order valence-electron chi connectivity index (χ0n) is 19.6. The number of carbonyl (C=O) groups excluding carboxylic acids is 1. The first kappa shape index (κ1) is 23.1. The molecule has 5 rings (SSSR count). The molecule has 178 valence electrons. The molecule has 1 amide bonds. The minimum atomic E-state index is -1.03. The predicted molar refractivity (Wildman–Crippen MR) is 130 cm³/mol. The topological polar surface area (TPSA) is 86.2 Å². The smallest absolute Gasteiger partial charge is 0.274 e. The fourth-order valence-corrected chi connectivity index (χ4v) is 6.04. The number of hydrogen-bond acceptors (Lipinski definition) is 7. The number of nitrogens with zero attached hydrogens (tertiary/aromatic N) is 3. The van der Waals surface area contributed by atoms with E-state index in [1.165, 1.54) is 24.1 Å². The monoisotopic (exact) mass is 478 g/mol. The summed E-state index contributed by atoms with van der Waals surface area (Å²) in [5.74, 6) is -0.0112. The molecule has 1 unspecified atom stereocenters. The molecule has 1 saturated carbocycles. The van der Waals surface area contributed by atoms with Crippen LogP contribution in [0.5, 0.6) is 0 Å².